The van der Waals surface area contributed by atoms with Crippen LogP contribution < -0.4 is 5.32 Å². The lowest BCUT2D eigenvalue weighted by atomic mass is 10.1. The molecule has 0 saturated heterocycles. The largest absolute Gasteiger partial charge is 0.444 e. The van der Waals surface area contributed by atoms with Crippen molar-refractivity contribution >= 4 is 15.9 Å². The van der Waals surface area contributed by atoms with Crippen molar-refractivity contribution in [3.63, 3.8) is 0 Å². The zero-order chi connectivity index (χ0) is 15.6. The number of rotatable bonds is 4. The van der Waals surface area contributed by atoms with Gasteiger partial charge in [-0.2, -0.15) is 13.2 Å². The number of hydrogen-bond donors (Lipinski definition) is 1. The van der Waals surface area contributed by atoms with Crippen LogP contribution in [0.1, 0.15) is 25.1 Å². The van der Waals surface area contributed by atoms with Gasteiger partial charge in [-0.1, -0.05) is 29.8 Å². The van der Waals surface area contributed by atoms with Gasteiger partial charge in [0.2, 0.25) is 5.89 Å². The number of oxazole rings is 1. The molecule has 0 amide bonds. The average molecular weight is 363 g/mol. The van der Waals surface area contributed by atoms with Gasteiger partial charge in [-0.3, -0.25) is 0 Å². The van der Waals surface area contributed by atoms with E-state index in [-0.39, 0.29) is 16.4 Å². The molecule has 0 aliphatic heterocycles. The van der Waals surface area contributed by atoms with Gasteiger partial charge in [0.15, 0.2) is 0 Å². The zero-order valence-corrected chi connectivity index (χ0v) is 13.0. The van der Waals surface area contributed by atoms with Gasteiger partial charge in [0.1, 0.15) is 6.26 Å². The van der Waals surface area contributed by atoms with Gasteiger partial charge in [0.05, 0.1) is 11.3 Å². The molecular weight excluding hydrogens is 349 g/mol. The predicted octanol–water partition coefficient (Wildman–Crippen LogP) is 4.62. The first-order chi connectivity index (χ1) is 9.77. The Morgan fingerprint density at radius 2 is 2.05 bits per heavy atom. The molecule has 21 heavy (non-hydrogen) atoms. The molecule has 0 saturated carbocycles. The molecule has 0 radical (unpaired) electrons. The van der Waals surface area contributed by atoms with E-state index in [0.29, 0.717) is 17.8 Å². The molecule has 1 heterocycles. The average Bonchev–Trinajstić information content (AvgIpc) is 2.84. The van der Waals surface area contributed by atoms with E-state index in [0.717, 1.165) is 6.07 Å². The summed E-state index contributed by atoms with van der Waals surface area (Å²) >= 11 is 2.90. The number of benzene rings is 1. The van der Waals surface area contributed by atoms with Crippen molar-refractivity contribution in [2.24, 2.45) is 0 Å². The number of hydrogen-bond acceptors (Lipinski definition) is 3. The molecule has 1 aromatic heterocycles. The Hall–Kier alpha value is -1.34. The molecule has 2 aromatic rings. The maximum atomic E-state index is 12.9. The Morgan fingerprint density at radius 3 is 2.67 bits per heavy atom. The Morgan fingerprint density at radius 1 is 1.33 bits per heavy atom. The number of halogens is 4. The van der Waals surface area contributed by atoms with Crippen LogP contribution in [0.15, 0.2) is 33.4 Å². The maximum Gasteiger partial charge on any atom is 0.417 e. The van der Waals surface area contributed by atoms with Gasteiger partial charge in [0, 0.05) is 22.6 Å². The van der Waals surface area contributed by atoms with Crippen LogP contribution in [0.4, 0.5) is 13.2 Å². The van der Waals surface area contributed by atoms with Crippen molar-refractivity contribution in [2.75, 3.05) is 0 Å². The third kappa shape index (κ3) is 4.07. The molecule has 0 fully saturated rings. The van der Waals surface area contributed by atoms with Crippen LogP contribution in [0.5, 0.6) is 0 Å². The summed E-state index contributed by atoms with van der Waals surface area (Å²) in [5, 5.41) is 3.16. The van der Waals surface area contributed by atoms with E-state index < -0.39 is 11.7 Å². The Bertz CT molecular complexity index is 623. The highest BCUT2D eigenvalue weighted by Crippen LogP contribution is 2.37. The summed E-state index contributed by atoms with van der Waals surface area (Å²) in [6.45, 7) is 4.49. The second-order valence-electron chi connectivity index (χ2n) is 4.87. The van der Waals surface area contributed by atoms with Crippen molar-refractivity contribution in [3.8, 4) is 11.5 Å². The highest BCUT2D eigenvalue weighted by molar-refractivity contribution is 9.10. The SMILES string of the molecule is CC(C)NCc1coc(-c2ccc(Br)c(C(F)(F)F)c2)n1. The van der Waals surface area contributed by atoms with Gasteiger partial charge in [-0.15, -0.1) is 0 Å². The van der Waals surface area contributed by atoms with E-state index >= 15 is 0 Å². The highest BCUT2D eigenvalue weighted by atomic mass is 79.9. The fourth-order valence-corrected chi connectivity index (χ4v) is 2.18. The lowest BCUT2D eigenvalue weighted by Gasteiger charge is -2.09. The van der Waals surface area contributed by atoms with Gasteiger partial charge >= 0.3 is 6.18 Å². The molecule has 7 heteroatoms. The summed E-state index contributed by atoms with van der Waals surface area (Å²) in [7, 11) is 0. The quantitative estimate of drug-likeness (QED) is 0.862. The van der Waals surface area contributed by atoms with Crippen molar-refractivity contribution in [1.29, 1.82) is 0 Å². The lowest BCUT2D eigenvalue weighted by Crippen LogP contribution is -2.21. The number of aromatic nitrogens is 1. The second kappa shape index (κ2) is 6.19. The van der Waals surface area contributed by atoms with Gasteiger partial charge in [0.25, 0.3) is 0 Å². The minimum Gasteiger partial charge on any atom is -0.444 e. The summed E-state index contributed by atoms with van der Waals surface area (Å²) in [5.74, 6) is 0.175. The maximum absolute atomic E-state index is 12.9. The molecule has 0 atom stereocenters. The number of alkyl halides is 3. The van der Waals surface area contributed by atoms with Crippen LogP contribution in [-0.4, -0.2) is 11.0 Å². The van der Waals surface area contributed by atoms with Crippen LogP contribution >= 0.6 is 15.9 Å². The third-order valence-corrected chi connectivity index (χ3v) is 3.45. The molecule has 2 rings (SSSR count). The molecule has 0 bridgehead atoms. The summed E-state index contributed by atoms with van der Waals surface area (Å²) in [6.07, 6.45) is -2.98. The molecule has 114 valence electrons. The van der Waals surface area contributed by atoms with E-state index in [9.17, 15) is 13.2 Å². The third-order valence-electron chi connectivity index (χ3n) is 2.76. The fourth-order valence-electron chi connectivity index (χ4n) is 1.70. The minimum atomic E-state index is -4.43. The number of nitrogens with zero attached hydrogens (tertiary/aromatic N) is 1. The molecular formula is C14H14BrF3N2O. The molecule has 1 aromatic carbocycles. The van der Waals surface area contributed by atoms with Crippen molar-refractivity contribution < 1.29 is 17.6 Å². The fraction of sp³-hybridized carbons (Fsp3) is 0.357. The Balaban J connectivity index is 2.26. The molecule has 0 unspecified atom stereocenters. The van der Waals surface area contributed by atoms with E-state index in [1.807, 2.05) is 13.8 Å². The van der Waals surface area contributed by atoms with Crippen LogP contribution in [0.3, 0.4) is 0 Å². The standard InChI is InChI=1S/C14H14BrF3N2O/c1-8(2)19-6-10-7-21-13(20-10)9-3-4-12(15)11(5-9)14(16,17)18/h3-5,7-8,19H,6H2,1-2H3. The van der Waals surface area contributed by atoms with E-state index in [4.69, 9.17) is 4.42 Å². The first-order valence-corrected chi connectivity index (χ1v) is 7.11. The summed E-state index contributed by atoms with van der Waals surface area (Å²) in [6, 6.07) is 4.18. The topological polar surface area (TPSA) is 38.1 Å². The minimum absolute atomic E-state index is 0.00740. The smallest absolute Gasteiger partial charge is 0.417 e. The van der Waals surface area contributed by atoms with E-state index in [2.05, 4.69) is 26.2 Å². The highest BCUT2D eigenvalue weighted by Gasteiger charge is 2.33. The normalized spacial score (nSPS) is 12.1. The molecule has 3 nitrogen and oxygen atoms in total. The second-order valence-corrected chi connectivity index (χ2v) is 5.73. The van der Waals surface area contributed by atoms with Gasteiger partial charge in [-0.25, -0.2) is 4.98 Å². The first-order valence-electron chi connectivity index (χ1n) is 6.32. The van der Waals surface area contributed by atoms with Gasteiger partial charge < -0.3 is 9.73 Å². The first kappa shape index (κ1) is 16.0. The monoisotopic (exact) mass is 362 g/mol. The number of nitrogens with one attached hydrogen (secondary N) is 1. The van der Waals surface area contributed by atoms with Crippen LogP contribution in [0.2, 0.25) is 0 Å². The lowest BCUT2D eigenvalue weighted by molar-refractivity contribution is -0.138. The van der Waals surface area contributed by atoms with Crippen molar-refractivity contribution in [3.05, 3.63) is 40.2 Å². The van der Waals surface area contributed by atoms with E-state index in [1.165, 1.54) is 18.4 Å². The van der Waals surface area contributed by atoms with Crippen LogP contribution in [0.25, 0.3) is 11.5 Å². The van der Waals surface area contributed by atoms with Crippen molar-refractivity contribution in [1.82, 2.24) is 10.3 Å². The summed E-state index contributed by atoms with van der Waals surface area (Å²) < 4.78 is 43.9. The molecule has 0 spiro atoms. The summed E-state index contributed by atoms with van der Waals surface area (Å²) in [5.41, 5.74) is 0.191. The van der Waals surface area contributed by atoms with Crippen LogP contribution in [-0.2, 0) is 12.7 Å². The Kier molecular flexibility index (Phi) is 4.73. The summed E-state index contributed by atoms with van der Waals surface area (Å²) in [4.78, 5) is 4.19. The zero-order valence-electron chi connectivity index (χ0n) is 11.5. The van der Waals surface area contributed by atoms with Gasteiger partial charge in [-0.05, 0) is 18.2 Å². The van der Waals surface area contributed by atoms with Crippen molar-refractivity contribution in [2.45, 2.75) is 32.6 Å². The van der Waals surface area contributed by atoms with E-state index in [1.54, 1.807) is 0 Å². The Labute approximate surface area is 128 Å². The molecule has 0 aliphatic carbocycles. The predicted molar refractivity (Wildman–Crippen MR) is 76.6 cm³/mol. The molecule has 1 N–H and O–H groups in total. The molecule has 0 aliphatic rings. The van der Waals surface area contributed by atoms with Crippen LogP contribution in [0, 0.1) is 0 Å².